The minimum absolute atomic E-state index is 0.0490. The second kappa shape index (κ2) is 5.64. The summed E-state index contributed by atoms with van der Waals surface area (Å²) in [6.45, 7) is 2.82. The van der Waals surface area contributed by atoms with Crippen LogP contribution < -0.4 is 5.32 Å². The number of para-hydroxylation sites is 1. The highest BCUT2D eigenvalue weighted by Crippen LogP contribution is 2.32. The first-order valence-electron chi connectivity index (χ1n) is 6.07. The van der Waals surface area contributed by atoms with Crippen LogP contribution in [0.5, 0.6) is 0 Å². The number of cyclic esters (lactones) is 2. The molecular weight excluding hydrogens is 316 g/mol. The Balaban J connectivity index is 2.31. The standard InChI is InChI=1S/C13H11ClN2O6/c1-13(2)21-11(17)7(12(18)22-13)6-15-10-8(14)4-3-5-9(10)16(19)20/h3-6,15H,1-2H3. The number of carbonyl (C=O) groups is 2. The van der Waals surface area contributed by atoms with Crippen LogP contribution in [0.1, 0.15) is 13.8 Å². The summed E-state index contributed by atoms with van der Waals surface area (Å²) in [5.41, 5.74) is -0.775. The summed E-state index contributed by atoms with van der Waals surface area (Å²) in [4.78, 5) is 33.8. The minimum atomic E-state index is -1.36. The summed E-state index contributed by atoms with van der Waals surface area (Å²) in [5.74, 6) is -3.16. The molecule has 0 spiro atoms. The molecule has 2 rings (SSSR count). The van der Waals surface area contributed by atoms with E-state index in [1.807, 2.05) is 0 Å². The summed E-state index contributed by atoms with van der Waals surface area (Å²) in [7, 11) is 0. The SMILES string of the molecule is CC1(C)OC(=O)C(=CNc2c(Cl)cccc2[N+](=O)[O-])C(=O)O1. The number of hydrogen-bond donors (Lipinski definition) is 1. The maximum absolute atomic E-state index is 11.7. The fourth-order valence-electron chi connectivity index (χ4n) is 1.73. The van der Waals surface area contributed by atoms with Gasteiger partial charge < -0.3 is 14.8 Å². The zero-order chi connectivity index (χ0) is 16.5. The van der Waals surface area contributed by atoms with Crippen molar-refractivity contribution in [3.8, 4) is 0 Å². The largest absolute Gasteiger partial charge is 0.419 e. The van der Waals surface area contributed by atoms with Crippen LogP contribution in [-0.2, 0) is 19.1 Å². The first-order valence-corrected chi connectivity index (χ1v) is 6.45. The van der Waals surface area contributed by atoms with Crippen LogP contribution in [-0.4, -0.2) is 22.6 Å². The van der Waals surface area contributed by atoms with Gasteiger partial charge in [0.2, 0.25) is 0 Å². The molecule has 0 amide bonds. The van der Waals surface area contributed by atoms with Gasteiger partial charge in [0.1, 0.15) is 5.69 Å². The predicted octanol–water partition coefficient (Wildman–Crippen LogP) is 2.38. The van der Waals surface area contributed by atoms with Gasteiger partial charge in [-0.3, -0.25) is 10.1 Å². The molecule has 9 heteroatoms. The van der Waals surface area contributed by atoms with E-state index >= 15 is 0 Å². The Morgan fingerprint density at radius 1 is 1.27 bits per heavy atom. The zero-order valence-corrected chi connectivity index (χ0v) is 12.3. The highest BCUT2D eigenvalue weighted by molar-refractivity contribution is 6.33. The number of esters is 2. The number of ether oxygens (including phenoxy) is 2. The van der Waals surface area contributed by atoms with Crippen molar-refractivity contribution in [1.29, 1.82) is 0 Å². The van der Waals surface area contributed by atoms with E-state index in [0.29, 0.717) is 0 Å². The van der Waals surface area contributed by atoms with Gasteiger partial charge in [-0.1, -0.05) is 17.7 Å². The van der Waals surface area contributed by atoms with Gasteiger partial charge in [-0.25, -0.2) is 9.59 Å². The summed E-state index contributed by atoms with van der Waals surface area (Å²) in [5, 5.41) is 13.5. The lowest BCUT2D eigenvalue weighted by molar-refractivity contribution is -0.383. The fraction of sp³-hybridized carbons (Fsp3) is 0.231. The van der Waals surface area contributed by atoms with Gasteiger partial charge in [0.25, 0.3) is 11.5 Å². The zero-order valence-electron chi connectivity index (χ0n) is 11.6. The molecule has 0 atom stereocenters. The molecule has 0 unspecified atom stereocenters. The van der Waals surface area contributed by atoms with Crippen molar-refractivity contribution in [2.75, 3.05) is 5.32 Å². The van der Waals surface area contributed by atoms with E-state index in [9.17, 15) is 19.7 Å². The number of hydrogen-bond acceptors (Lipinski definition) is 7. The average Bonchev–Trinajstić information content (AvgIpc) is 2.37. The minimum Gasteiger partial charge on any atom is -0.419 e. The Hall–Kier alpha value is -2.61. The topological polar surface area (TPSA) is 108 Å². The van der Waals surface area contributed by atoms with E-state index < -0.39 is 28.2 Å². The van der Waals surface area contributed by atoms with E-state index in [1.165, 1.54) is 32.0 Å². The lowest BCUT2D eigenvalue weighted by Crippen LogP contribution is -2.42. The van der Waals surface area contributed by atoms with Crippen molar-refractivity contribution < 1.29 is 24.0 Å². The van der Waals surface area contributed by atoms with E-state index in [4.69, 9.17) is 21.1 Å². The number of rotatable bonds is 3. The van der Waals surface area contributed by atoms with Gasteiger partial charge >= 0.3 is 11.9 Å². The normalized spacial score (nSPS) is 16.6. The van der Waals surface area contributed by atoms with E-state index in [0.717, 1.165) is 6.20 Å². The van der Waals surface area contributed by atoms with Crippen molar-refractivity contribution in [3.05, 3.63) is 45.1 Å². The molecule has 8 nitrogen and oxygen atoms in total. The Kier molecular flexibility index (Phi) is 4.05. The number of nitro groups is 1. The monoisotopic (exact) mass is 326 g/mol. The Bertz CT molecular complexity index is 676. The Morgan fingerprint density at radius 3 is 2.41 bits per heavy atom. The van der Waals surface area contributed by atoms with Crippen molar-refractivity contribution in [2.24, 2.45) is 0 Å². The van der Waals surface area contributed by atoms with Crippen LogP contribution in [0.15, 0.2) is 30.0 Å². The number of halogens is 1. The Morgan fingerprint density at radius 2 is 1.86 bits per heavy atom. The Labute approximate surface area is 129 Å². The number of nitrogens with one attached hydrogen (secondary N) is 1. The highest BCUT2D eigenvalue weighted by Gasteiger charge is 2.39. The van der Waals surface area contributed by atoms with Crippen LogP contribution in [0, 0.1) is 10.1 Å². The molecule has 1 heterocycles. The van der Waals surface area contributed by atoms with Gasteiger partial charge in [-0.2, -0.15) is 0 Å². The van der Waals surface area contributed by atoms with Crippen molar-refractivity contribution in [1.82, 2.24) is 0 Å². The third-order valence-corrected chi connectivity index (χ3v) is 2.98. The quantitative estimate of drug-likeness (QED) is 0.298. The third kappa shape index (κ3) is 3.17. The molecule has 0 aliphatic carbocycles. The molecule has 0 saturated carbocycles. The van der Waals surface area contributed by atoms with Crippen LogP contribution in [0.4, 0.5) is 11.4 Å². The molecule has 1 aromatic rings. The lowest BCUT2D eigenvalue weighted by Gasteiger charge is -2.29. The molecule has 1 N–H and O–H groups in total. The highest BCUT2D eigenvalue weighted by atomic mass is 35.5. The summed E-state index contributed by atoms with van der Waals surface area (Å²) in [6.07, 6.45) is 0.966. The number of nitro benzene ring substituents is 1. The predicted molar refractivity (Wildman–Crippen MR) is 76.1 cm³/mol. The van der Waals surface area contributed by atoms with Gasteiger partial charge in [-0.05, 0) is 6.07 Å². The van der Waals surface area contributed by atoms with Crippen LogP contribution in [0.25, 0.3) is 0 Å². The molecule has 1 aliphatic rings. The summed E-state index contributed by atoms with van der Waals surface area (Å²) >= 11 is 5.88. The molecule has 1 fully saturated rings. The second-order valence-corrected chi connectivity index (χ2v) is 5.18. The van der Waals surface area contributed by atoms with Crippen molar-refractivity contribution >= 4 is 34.9 Å². The third-order valence-electron chi connectivity index (χ3n) is 2.67. The number of carbonyl (C=O) groups excluding carboxylic acids is 2. The first kappa shape index (κ1) is 15.8. The molecule has 1 aliphatic heterocycles. The van der Waals surface area contributed by atoms with E-state index in [2.05, 4.69) is 5.32 Å². The average molecular weight is 327 g/mol. The number of anilines is 1. The van der Waals surface area contributed by atoms with E-state index in [-0.39, 0.29) is 16.4 Å². The molecule has 116 valence electrons. The molecule has 1 saturated heterocycles. The molecule has 0 aromatic heterocycles. The number of nitrogens with zero attached hydrogens (tertiary/aromatic N) is 1. The molecule has 0 bridgehead atoms. The fourth-order valence-corrected chi connectivity index (χ4v) is 1.95. The van der Waals surface area contributed by atoms with Crippen LogP contribution >= 0.6 is 11.6 Å². The van der Waals surface area contributed by atoms with Gasteiger partial charge in [0.15, 0.2) is 5.57 Å². The van der Waals surface area contributed by atoms with Crippen molar-refractivity contribution in [3.63, 3.8) is 0 Å². The second-order valence-electron chi connectivity index (χ2n) is 4.77. The van der Waals surface area contributed by atoms with E-state index in [1.54, 1.807) is 0 Å². The van der Waals surface area contributed by atoms with Crippen molar-refractivity contribution in [2.45, 2.75) is 19.6 Å². The first-order chi connectivity index (χ1) is 10.2. The maximum Gasteiger partial charge on any atom is 0.350 e. The van der Waals surface area contributed by atoms with Gasteiger partial charge in [-0.15, -0.1) is 0 Å². The molecular formula is C13H11ClN2O6. The molecule has 22 heavy (non-hydrogen) atoms. The summed E-state index contributed by atoms with van der Waals surface area (Å²) < 4.78 is 9.79. The van der Waals surface area contributed by atoms with Gasteiger partial charge in [0.05, 0.1) is 9.95 Å². The number of benzene rings is 1. The maximum atomic E-state index is 11.7. The van der Waals surface area contributed by atoms with Gasteiger partial charge in [0, 0.05) is 26.1 Å². The van der Waals surface area contributed by atoms with Crippen LogP contribution in [0.2, 0.25) is 5.02 Å². The smallest absolute Gasteiger partial charge is 0.350 e. The summed E-state index contributed by atoms with van der Waals surface area (Å²) in [6, 6.07) is 4.06. The molecule has 1 aromatic carbocycles. The van der Waals surface area contributed by atoms with Crippen LogP contribution in [0.3, 0.4) is 0 Å². The molecule has 0 radical (unpaired) electrons. The lowest BCUT2D eigenvalue weighted by atomic mass is 10.2.